The molecule has 1 aliphatic rings. The summed E-state index contributed by atoms with van der Waals surface area (Å²) in [6, 6.07) is 18.5. The quantitative estimate of drug-likeness (QED) is 0.217. The van der Waals surface area contributed by atoms with E-state index in [1.54, 1.807) is 24.5 Å². The van der Waals surface area contributed by atoms with Gasteiger partial charge in [0, 0.05) is 5.39 Å². The van der Waals surface area contributed by atoms with Crippen molar-refractivity contribution in [2.45, 2.75) is 26.8 Å². The highest BCUT2D eigenvalue weighted by Gasteiger charge is 2.33. The second kappa shape index (κ2) is 11.8. The average Bonchev–Trinajstić information content (AvgIpc) is 3.27. The molecule has 0 spiro atoms. The van der Waals surface area contributed by atoms with Gasteiger partial charge in [-0.15, -0.1) is 0 Å². The molecule has 2 heterocycles. The summed E-state index contributed by atoms with van der Waals surface area (Å²) in [4.78, 5) is 32.3. The second-order valence-corrected chi connectivity index (χ2v) is 10.1. The summed E-state index contributed by atoms with van der Waals surface area (Å²) in [6.45, 7) is 10.3. The molecule has 1 aliphatic heterocycles. The van der Waals surface area contributed by atoms with E-state index in [2.05, 4.69) is 11.6 Å². The third-order valence-corrected chi connectivity index (χ3v) is 7.57. The number of hydrogen-bond donors (Lipinski definition) is 0. The summed E-state index contributed by atoms with van der Waals surface area (Å²) in [7, 11) is 0. The molecule has 0 bridgehead atoms. The van der Waals surface area contributed by atoms with Crippen molar-refractivity contribution in [3.63, 3.8) is 0 Å². The van der Waals surface area contributed by atoms with Crippen molar-refractivity contribution >= 4 is 34.2 Å². The third kappa shape index (κ3) is 5.10. The Labute approximate surface area is 236 Å². The van der Waals surface area contributed by atoms with Crippen molar-refractivity contribution in [3.05, 3.63) is 115 Å². The maximum Gasteiger partial charge on any atom is 0.338 e. The van der Waals surface area contributed by atoms with Gasteiger partial charge in [0.2, 0.25) is 0 Å². The highest BCUT2D eigenvalue weighted by molar-refractivity contribution is 7.07. The number of rotatable bonds is 9. The van der Waals surface area contributed by atoms with Gasteiger partial charge in [-0.3, -0.25) is 9.36 Å². The number of esters is 1. The molecule has 0 saturated heterocycles. The normalized spacial score (nSPS) is 15.0. The lowest BCUT2D eigenvalue weighted by molar-refractivity contribution is -0.139. The van der Waals surface area contributed by atoms with Crippen molar-refractivity contribution < 1.29 is 19.0 Å². The van der Waals surface area contributed by atoms with E-state index < -0.39 is 12.0 Å². The average molecular weight is 555 g/mol. The zero-order valence-corrected chi connectivity index (χ0v) is 23.5. The minimum absolute atomic E-state index is 0.214. The number of allylic oxidation sites excluding steroid dienone is 1. The Morgan fingerprint density at radius 3 is 2.48 bits per heavy atom. The number of aromatic nitrogens is 1. The standard InChI is InChI=1S/C32H30N2O5S/c1-5-18-39-23-15-12-21(13-16-23)29-28(31(36)38-7-3)20(4)33-32-34(29)30(35)27(40-32)19-22-14-17-26(37-6-2)25-11-9-8-10-24(22)25/h5,8-17,19,29H,1,6-7,18H2,2-4H3/b27-19+/t29-/m1/s1. The van der Waals surface area contributed by atoms with Gasteiger partial charge in [0.1, 0.15) is 18.1 Å². The van der Waals surface area contributed by atoms with Gasteiger partial charge in [-0.1, -0.05) is 66.5 Å². The van der Waals surface area contributed by atoms with Crippen molar-refractivity contribution in [2.24, 2.45) is 4.99 Å². The van der Waals surface area contributed by atoms with E-state index in [0.29, 0.717) is 39.6 Å². The van der Waals surface area contributed by atoms with E-state index >= 15 is 0 Å². The lowest BCUT2D eigenvalue weighted by Crippen LogP contribution is -2.39. The molecule has 0 fully saturated rings. The largest absolute Gasteiger partial charge is 0.493 e. The fourth-order valence-electron chi connectivity index (χ4n) is 4.85. The minimum Gasteiger partial charge on any atom is -0.493 e. The first-order valence-corrected chi connectivity index (χ1v) is 14.0. The predicted molar refractivity (Wildman–Crippen MR) is 158 cm³/mol. The Bertz CT molecular complexity index is 1800. The first-order valence-electron chi connectivity index (χ1n) is 13.1. The van der Waals surface area contributed by atoms with E-state index in [1.165, 1.54) is 11.3 Å². The van der Waals surface area contributed by atoms with E-state index in [9.17, 15) is 9.59 Å². The lowest BCUT2D eigenvalue weighted by Gasteiger charge is -2.24. The molecule has 0 aliphatic carbocycles. The molecule has 8 heteroatoms. The van der Waals surface area contributed by atoms with Gasteiger partial charge < -0.3 is 14.2 Å². The summed E-state index contributed by atoms with van der Waals surface area (Å²) in [5, 5.41) is 1.96. The van der Waals surface area contributed by atoms with Crippen LogP contribution in [0.15, 0.2) is 94.4 Å². The Morgan fingerprint density at radius 1 is 1.02 bits per heavy atom. The van der Waals surface area contributed by atoms with Crippen LogP contribution in [0.3, 0.4) is 0 Å². The molecule has 0 radical (unpaired) electrons. The molecule has 204 valence electrons. The van der Waals surface area contributed by atoms with Crippen molar-refractivity contribution in [1.29, 1.82) is 0 Å². The number of ether oxygens (including phenoxy) is 3. The molecule has 4 aromatic rings. The Kier molecular flexibility index (Phi) is 7.98. The monoisotopic (exact) mass is 554 g/mol. The molecule has 40 heavy (non-hydrogen) atoms. The van der Waals surface area contributed by atoms with Crippen LogP contribution in [0.4, 0.5) is 0 Å². The van der Waals surface area contributed by atoms with Crippen LogP contribution in [0.5, 0.6) is 11.5 Å². The maximum atomic E-state index is 14.0. The summed E-state index contributed by atoms with van der Waals surface area (Å²) < 4.78 is 18.9. The summed E-state index contributed by atoms with van der Waals surface area (Å²) in [6.07, 6.45) is 3.55. The molecule has 0 amide bonds. The zero-order chi connectivity index (χ0) is 28.2. The minimum atomic E-state index is -0.692. The van der Waals surface area contributed by atoms with Crippen LogP contribution < -0.4 is 24.4 Å². The number of hydrogen-bond acceptors (Lipinski definition) is 7. The van der Waals surface area contributed by atoms with Gasteiger partial charge >= 0.3 is 5.97 Å². The number of fused-ring (bicyclic) bond motifs is 2. The van der Waals surface area contributed by atoms with Crippen LogP contribution in [0, 0.1) is 0 Å². The number of nitrogens with zero attached hydrogens (tertiary/aromatic N) is 2. The topological polar surface area (TPSA) is 79.1 Å². The number of benzene rings is 3. The lowest BCUT2D eigenvalue weighted by atomic mass is 9.96. The van der Waals surface area contributed by atoms with Gasteiger partial charge in [-0.2, -0.15) is 0 Å². The number of thiazole rings is 1. The Balaban J connectivity index is 1.68. The molecule has 0 unspecified atom stereocenters. The summed E-state index contributed by atoms with van der Waals surface area (Å²) >= 11 is 1.30. The molecular weight excluding hydrogens is 524 g/mol. The van der Waals surface area contributed by atoms with Crippen LogP contribution in [0.1, 0.15) is 37.9 Å². The van der Waals surface area contributed by atoms with Gasteiger partial charge in [-0.05, 0) is 61.6 Å². The van der Waals surface area contributed by atoms with Crippen molar-refractivity contribution in [1.82, 2.24) is 4.57 Å². The fourth-order valence-corrected chi connectivity index (χ4v) is 5.89. The van der Waals surface area contributed by atoms with E-state index in [-0.39, 0.29) is 12.2 Å². The second-order valence-electron chi connectivity index (χ2n) is 9.10. The molecule has 1 aromatic heterocycles. The molecule has 7 nitrogen and oxygen atoms in total. The van der Waals surface area contributed by atoms with Crippen molar-refractivity contribution in [2.75, 3.05) is 19.8 Å². The molecule has 0 N–H and O–H groups in total. The van der Waals surface area contributed by atoms with Crippen LogP contribution >= 0.6 is 11.3 Å². The predicted octanol–water partition coefficient (Wildman–Crippen LogP) is 4.92. The van der Waals surface area contributed by atoms with Crippen LogP contribution in [-0.4, -0.2) is 30.4 Å². The van der Waals surface area contributed by atoms with E-state index in [1.807, 2.05) is 73.7 Å². The SMILES string of the molecule is C=CCOc1ccc([C@@H]2C(C(=O)OCC)=C(C)N=c3s/c(=C/c4ccc(OCC)c5ccccc45)c(=O)n32)cc1. The van der Waals surface area contributed by atoms with E-state index in [4.69, 9.17) is 14.2 Å². The highest BCUT2D eigenvalue weighted by atomic mass is 32.1. The first kappa shape index (κ1) is 27.1. The molecule has 5 rings (SSSR count). The highest BCUT2D eigenvalue weighted by Crippen LogP contribution is 2.32. The number of carbonyl (C=O) groups excluding carboxylic acids is 1. The number of carbonyl (C=O) groups is 1. The Hall–Kier alpha value is -4.43. The van der Waals surface area contributed by atoms with Crippen molar-refractivity contribution in [3.8, 4) is 11.5 Å². The summed E-state index contributed by atoms with van der Waals surface area (Å²) in [5.74, 6) is 0.969. The fraction of sp³-hybridized carbons (Fsp3) is 0.219. The maximum absolute atomic E-state index is 14.0. The summed E-state index contributed by atoms with van der Waals surface area (Å²) in [5.41, 5.74) is 2.28. The van der Waals surface area contributed by atoms with Gasteiger partial charge in [0.15, 0.2) is 4.80 Å². The smallest absolute Gasteiger partial charge is 0.338 e. The van der Waals surface area contributed by atoms with Crippen LogP contribution in [0.2, 0.25) is 0 Å². The molecular formula is C32H30N2O5S. The van der Waals surface area contributed by atoms with Crippen LogP contribution in [0.25, 0.3) is 16.8 Å². The van der Waals surface area contributed by atoms with Gasteiger partial charge in [-0.25, -0.2) is 9.79 Å². The Morgan fingerprint density at radius 2 is 1.77 bits per heavy atom. The molecule has 3 aromatic carbocycles. The first-order chi connectivity index (χ1) is 19.5. The molecule has 0 saturated carbocycles. The zero-order valence-electron chi connectivity index (χ0n) is 22.7. The van der Waals surface area contributed by atoms with Crippen LogP contribution in [-0.2, 0) is 9.53 Å². The van der Waals surface area contributed by atoms with Gasteiger partial charge in [0.05, 0.1) is 35.1 Å². The molecule has 1 atom stereocenters. The third-order valence-electron chi connectivity index (χ3n) is 6.58. The van der Waals surface area contributed by atoms with Gasteiger partial charge in [0.25, 0.3) is 5.56 Å². The van der Waals surface area contributed by atoms with E-state index in [0.717, 1.165) is 27.6 Å².